The Balaban J connectivity index is 2.17. The van der Waals surface area contributed by atoms with Crippen molar-refractivity contribution in [2.24, 2.45) is 0 Å². The highest BCUT2D eigenvalue weighted by molar-refractivity contribution is 6.62. The summed E-state index contributed by atoms with van der Waals surface area (Å²) in [4.78, 5) is 11.9. The first-order valence-corrected chi connectivity index (χ1v) is 8.79. The van der Waals surface area contributed by atoms with Crippen LogP contribution in [0.2, 0.25) is 5.02 Å². The van der Waals surface area contributed by atoms with Gasteiger partial charge in [0.25, 0.3) is 0 Å². The molecule has 0 radical (unpaired) electrons. The molecule has 1 fully saturated rings. The van der Waals surface area contributed by atoms with Gasteiger partial charge in [0.2, 0.25) is 0 Å². The SMILES string of the molecule is CC(C)(C)OC(=O)NCc1cc(Cl)ccc1B1OC(C)(C)C(C)(C)O1. The monoisotopic (exact) mass is 367 g/mol. The van der Waals surface area contributed by atoms with E-state index in [1.807, 2.05) is 54.5 Å². The fraction of sp³-hybridized carbons (Fsp3) is 0.611. The Morgan fingerprint density at radius 2 is 1.76 bits per heavy atom. The summed E-state index contributed by atoms with van der Waals surface area (Å²) in [6, 6.07) is 5.47. The second kappa shape index (κ2) is 6.82. The molecule has 0 aromatic heterocycles. The van der Waals surface area contributed by atoms with E-state index in [4.69, 9.17) is 25.6 Å². The third-order valence-electron chi connectivity index (χ3n) is 4.43. The predicted molar refractivity (Wildman–Crippen MR) is 100 cm³/mol. The number of amides is 1. The molecule has 1 heterocycles. The molecule has 1 saturated heterocycles. The zero-order chi connectivity index (χ0) is 19.0. The van der Waals surface area contributed by atoms with Gasteiger partial charge in [-0.3, -0.25) is 0 Å². The van der Waals surface area contributed by atoms with E-state index < -0.39 is 30.0 Å². The number of rotatable bonds is 3. The van der Waals surface area contributed by atoms with Gasteiger partial charge < -0.3 is 19.4 Å². The van der Waals surface area contributed by atoms with Gasteiger partial charge in [-0.25, -0.2) is 4.79 Å². The molecule has 0 unspecified atom stereocenters. The third-order valence-corrected chi connectivity index (χ3v) is 4.67. The van der Waals surface area contributed by atoms with Crippen LogP contribution in [0, 0.1) is 0 Å². The number of halogens is 1. The Hall–Kier alpha value is -1.24. The summed E-state index contributed by atoms with van der Waals surface area (Å²) in [6.45, 7) is 13.7. The van der Waals surface area contributed by atoms with E-state index in [0.29, 0.717) is 5.02 Å². The number of nitrogens with one attached hydrogen (secondary N) is 1. The van der Waals surface area contributed by atoms with Crippen LogP contribution < -0.4 is 10.8 Å². The molecule has 2 rings (SSSR count). The highest BCUT2D eigenvalue weighted by atomic mass is 35.5. The van der Waals surface area contributed by atoms with Gasteiger partial charge in [-0.2, -0.15) is 0 Å². The molecule has 1 aromatic carbocycles. The minimum Gasteiger partial charge on any atom is -0.444 e. The number of carbonyl (C=O) groups excluding carboxylic acids is 1. The highest BCUT2D eigenvalue weighted by Crippen LogP contribution is 2.36. The van der Waals surface area contributed by atoms with Crippen LogP contribution in [0.1, 0.15) is 54.0 Å². The maximum Gasteiger partial charge on any atom is 0.495 e. The smallest absolute Gasteiger partial charge is 0.444 e. The molecule has 0 atom stereocenters. The van der Waals surface area contributed by atoms with Crippen LogP contribution in [0.3, 0.4) is 0 Å². The van der Waals surface area contributed by atoms with Crippen molar-refractivity contribution >= 4 is 30.3 Å². The summed E-state index contributed by atoms with van der Waals surface area (Å²) in [5, 5.41) is 3.34. The fourth-order valence-corrected chi connectivity index (χ4v) is 2.60. The molecule has 0 bridgehead atoms. The van der Waals surface area contributed by atoms with E-state index in [2.05, 4.69) is 5.32 Å². The van der Waals surface area contributed by atoms with Crippen molar-refractivity contribution in [2.75, 3.05) is 0 Å². The Kier molecular flexibility index (Phi) is 5.48. The van der Waals surface area contributed by atoms with E-state index in [0.717, 1.165) is 11.0 Å². The van der Waals surface area contributed by atoms with Crippen molar-refractivity contribution in [1.29, 1.82) is 0 Å². The molecule has 25 heavy (non-hydrogen) atoms. The van der Waals surface area contributed by atoms with Crippen LogP contribution in [-0.2, 0) is 20.6 Å². The number of benzene rings is 1. The third kappa shape index (κ3) is 4.90. The maximum absolute atomic E-state index is 11.9. The van der Waals surface area contributed by atoms with Crippen LogP contribution in [0.5, 0.6) is 0 Å². The summed E-state index contributed by atoms with van der Waals surface area (Å²) in [6.07, 6.45) is -0.479. The van der Waals surface area contributed by atoms with Gasteiger partial charge in [-0.15, -0.1) is 0 Å². The zero-order valence-corrected chi connectivity index (χ0v) is 16.8. The zero-order valence-electron chi connectivity index (χ0n) is 16.0. The van der Waals surface area contributed by atoms with Crippen LogP contribution in [0.15, 0.2) is 18.2 Å². The van der Waals surface area contributed by atoms with Gasteiger partial charge in [0.05, 0.1) is 11.2 Å². The van der Waals surface area contributed by atoms with Gasteiger partial charge in [-0.1, -0.05) is 17.7 Å². The molecular formula is C18H27BClNO4. The Bertz CT molecular complexity index is 639. The van der Waals surface area contributed by atoms with E-state index in [1.54, 1.807) is 12.1 Å². The average Bonchev–Trinajstić information content (AvgIpc) is 2.63. The van der Waals surface area contributed by atoms with Crippen LogP contribution in [-0.4, -0.2) is 30.0 Å². The normalized spacial score (nSPS) is 19.0. The fourth-order valence-electron chi connectivity index (χ4n) is 2.41. The van der Waals surface area contributed by atoms with Gasteiger partial charge in [0.15, 0.2) is 0 Å². The number of hydrogen-bond acceptors (Lipinski definition) is 4. The number of carbonyl (C=O) groups is 1. The molecule has 1 aliphatic rings. The van der Waals surface area contributed by atoms with E-state index >= 15 is 0 Å². The molecule has 1 aromatic rings. The molecule has 1 amide bonds. The molecular weight excluding hydrogens is 340 g/mol. The van der Waals surface area contributed by atoms with Gasteiger partial charge in [0.1, 0.15) is 5.60 Å². The van der Waals surface area contributed by atoms with Gasteiger partial charge >= 0.3 is 13.2 Å². The number of ether oxygens (including phenoxy) is 1. The first-order valence-electron chi connectivity index (χ1n) is 8.41. The lowest BCUT2D eigenvalue weighted by molar-refractivity contribution is 0.00578. The number of hydrogen-bond donors (Lipinski definition) is 1. The minimum atomic E-state index is -0.549. The Morgan fingerprint density at radius 1 is 1.20 bits per heavy atom. The maximum atomic E-state index is 11.9. The quantitative estimate of drug-likeness (QED) is 0.828. The molecule has 7 heteroatoms. The second-order valence-electron chi connectivity index (χ2n) is 8.29. The molecule has 5 nitrogen and oxygen atoms in total. The molecule has 0 spiro atoms. The second-order valence-corrected chi connectivity index (χ2v) is 8.72. The Labute approximate surface area is 155 Å². The largest absolute Gasteiger partial charge is 0.495 e. The molecule has 1 N–H and O–H groups in total. The lowest BCUT2D eigenvalue weighted by atomic mass is 9.76. The van der Waals surface area contributed by atoms with Crippen LogP contribution in [0.25, 0.3) is 0 Å². The molecule has 138 valence electrons. The van der Waals surface area contributed by atoms with Gasteiger partial charge in [-0.05, 0) is 71.6 Å². The van der Waals surface area contributed by atoms with Crippen LogP contribution >= 0.6 is 11.6 Å². The van der Waals surface area contributed by atoms with E-state index in [1.165, 1.54) is 0 Å². The number of alkyl carbamates (subject to hydrolysis) is 1. The molecule has 0 saturated carbocycles. The van der Waals surface area contributed by atoms with Crippen molar-refractivity contribution in [3.8, 4) is 0 Å². The van der Waals surface area contributed by atoms with Crippen molar-refractivity contribution in [3.63, 3.8) is 0 Å². The first-order chi connectivity index (χ1) is 11.3. The van der Waals surface area contributed by atoms with Crippen molar-refractivity contribution in [3.05, 3.63) is 28.8 Å². The van der Waals surface area contributed by atoms with Crippen molar-refractivity contribution in [1.82, 2.24) is 5.32 Å². The summed E-state index contributed by atoms with van der Waals surface area (Å²) in [5.74, 6) is 0. The summed E-state index contributed by atoms with van der Waals surface area (Å²) in [5.41, 5.74) is 0.254. The lowest BCUT2D eigenvalue weighted by Crippen LogP contribution is -2.41. The van der Waals surface area contributed by atoms with Crippen molar-refractivity contribution in [2.45, 2.75) is 71.8 Å². The van der Waals surface area contributed by atoms with E-state index in [-0.39, 0.29) is 6.54 Å². The van der Waals surface area contributed by atoms with E-state index in [9.17, 15) is 4.79 Å². The summed E-state index contributed by atoms with van der Waals surface area (Å²) in [7, 11) is -0.516. The summed E-state index contributed by atoms with van der Waals surface area (Å²) >= 11 is 6.13. The predicted octanol–water partition coefficient (Wildman–Crippen LogP) is 3.66. The molecule has 1 aliphatic heterocycles. The van der Waals surface area contributed by atoms with Gasteiger partial charge in [0, 0.05) is 11.6 Å². The summed E-state index contributed by atoms with van der Waals surface area (Å²) < 4.78 is 17.5. The lowest BCUT2D eigenvalue weighted by Gasteiger charge is -2.32. The van der Waals surface area contributed by atoms with Crippen LogP contribution in [0.4, 0.5) is 4.79 Å². The van der Waals surface area contributed by atoms with Crippen molar-refractivity contribution < 1.29 is 18.8 Å². The molecule has 0 aliphatic carbocycles. The minimum absolute atomic E-state index is 0.273. The standard InChI is InChI=1S/C18H27BClNO4/c1-16(2,3)23-15(22)21-11-12-10-13(20)8-9-14(12)19-24-17(4,5)18(6,7)25-19/h8-10H,11H2,1-7H3,(H,21,22). The first kappa shape index (κ1) is 20.1. The topological polar surface area (TPSA) is 56.8 Å². The highest BCUT2D eigenvalue weighted by Gasteiger charge is 2.52. The Morgan fingerprint density at radius 3 is 2.28 bits per heavy atom. The average molecular weight is 368 g/mol.